The van der Waals surface area contributed by atoms with E-state index in [1.54, 1.807) is 0 Å². The second-order valence-electron chi connectivity index (χ2n) is 6.85. The Kier molecular flexibility index (Phi) is 12.2. The van der Waals surface area contributed by atoms with Crippen molar-refractivity contribution in [2.75, 3.05) is 6.61 Å². The fourth-order valence-electron chi connectivity index (χ4n) is 2.74. The molecule has 0 unspecified atom stereocenters. The fourth-order valence-corrected chi connectivity index (χ4v) is 2.74. The van der Waals surface area contributed by atoms with Crippen LogP contribution in [0.5, 0.6) is 0 Å². The van der Waals surface area contributed by atoms with Gasteiger partial charge in [-0.2, -0.15) is 0 Å². The molecule has 0 bridgehead atoms. The monoisotopic (exact) mass is 362 g/mol. The van der Waals surface area contributed by atoms with E-state index in [9.17, 15) is 9.59 Å². The van der Waals surface area contributed by atoms with Crippen LogP contribution in [-0.4, -0.2) is 18.5 Å². The van der Waals surface area contributed by atoms with Crippen LogP contribution in [0.25, 0.3) is 0 Å². The number of carbonyl (C=O) groups is 2. The topological polar surface area (TPSA) is 52.6 Å². The summed E-state index contributed by atoms with van der Waals surface area (Å²) in [6.07, 6.45) is 9.85. The Morgan fingerprint density at radius 1 is 0.846 bits per heavy atom. The first kappa shape index (κ1) is 22.2. The Bertz CT molecular complexity index is 525. The summed E-state index contributed by atoms with van der Waals surface area (Å²) in [6, 6.07) is 7.82. The van der Waals surface area contributed by atoms with Crippen LogP contribution in [0.4, 0.5) is 0 Å². The number of hydrogen-bond acceptors (Lipinski definition) is 4. The zero-order chi connectivity index (χ0) is 19.0. The van der Waals surface area contributed by atoms with Crippen molar-refractivity contribution in [1.29, 1.82) is 0 Å². The second-order valence-corrected chi connectivity index (χ2v) is 6.85. The summed E-state index contributed by atoms with van der Waals surface area (Å²) in [5, 5.41) is 0. The summed E-state index contributed by atoms with van der Waals surface area (Å²) in [6.45, 7) is 4.91. The lowest BCUT2D eigenvalue weighted by Gasteiger charge is -2.07. The maximum Gasteiger partial charge on any atom is 0.306 e. The second kappa shape index (κ2) is 14.3. The number of carbonyl (C=O) groups excluding carboxylic acids is 2. The number of esters is 2. The number of unbranched alkanes of at least 4 members (excludes halogenated alkanes) is 7. The van der Waals surface area contributed by atoms with Crippen molar-refractivity contribution < 1.29 is 19.1 Å². The normalized spacial score (nSPS) is 10.5. The van der Waals surface area contributed by atoms with E-state index in [0.29, 0.717) is 6.61 Å². The summed E-state index contributed by atoms with van der Waals surface area (Å²) >= 11 is 0. The average molecular weight is 363 g/mol. The molecular formula is C22H34O4. The van der Waals surface area contributed by atoms with Gasteiger partial charge in [0.15, 0.2) is 0 Å². The number of benzene rings is 1. The molecule has 0 aliphatic carbocycles. The first-order chi connectivity index (χ1) is 12.6. The van der Waals surface area contributed by atoms with E-state index in [1.807, 2.05) is 31.2 Å². The SMILES string of the molecule is CCCCCCCCCCOC(=O)CCC(=O)OCc1cccc(C)c1. The highest BCUT2D eigenvalue weighted by Crippen LogP contribution is 2.09. The van der Waals surface area contributed by atoms with Gasteiger partial charge in [-0.05, 0) is 18.9 Å². The van der Waals surface area contributed by atoms with Crippen LogP contribution >= 0.6 is 0 Å². The Hall–Kier alpha value is -1.84. The van der Waals surface area contributed by atoms with Gasteiger partial charge >= 0.3 is 11.9 Å². The third-order valence-corrected chi connectivity index (χ3v) is 4.28. The van der Waals surface area contributed by atoms with Gasteiger partial charge in [0, 0.05) is 0 Å². The predicted octanol–water partition coefficient (Wildman–Crippen LogP) is 5.50. The number of ether oxygens (including phenoxy) is 2. The van der Waals surface area contributed by atoms with Gasteiger partial charge in [-0.1, -0.05) is 81.7 Å². The molecule has 146 valence electrons. The van der Waals surface area contributed by atoms with Gasteiger partial charge in [-0.25, -0.2) is 0 Å². The van der Waals surface area contributed by atoms with Gasteiger partial charge in [0.2, 0.25) is 0 Å². The van der Waals surface area contributed by atoms with Crippen molar-refractivity contribution in [1.82, 2.24) is 0 Å². The molecule has 0 aliphatic heterocycles. The summed E-state index contributed by atoms with van der Waals surface area (Å²) in [4.78, 5) is 23.3. The molecule has 0 saturated heterocycles. The minimum absolute atomic E-state index is 0.0715. The van der Waals surface area contributed by atoms with E-state index in [4.69, 9.17) is 9.47 Å². The molecule has 4 nitrogen and oxygen atoms in total. The van der Waals surface area contributed by atoms with Crippen LogP contribution in [-0.2, 0) is 25.7 Å². The Balaban J connectivity index is 1.98. The molecule has 26 heavy (non-hydrogen) atoms. The maximum atomic E-state index is 11.7. The van der Waals surface area contributed by atoms with E-state index in [1.165, 1.54) is 38.5 Å². The van der Waals surface area contributed by atoms with E-state index >= 15 is 0 Å². The Morgan fingerprint density at radius 3 is 2.12 bits per heavy atom. The molecule has 1 aromatic carbocycles. The first-order valence-electron chi connectivity index (χ1n) is 9.98. The Labute approximate surface area is 158 Å². The van der Waals surface area contributed by atoms with Crippen LogP contribution < -0.4 is 0 Å². The van der Waals surface area contributed by atoms with Crippen LogP contribution in [0.2, 0.25) is 0 Å². The van der Waals surface area contributed by atoms with Crippen molar-refractivity contribution in [2.45, 2.75) is 84.7 Å². The fraction of sp³-hybridized carbons (Fsp3) is 0.636. The molecule has 0 spiro atoms. The zero-order valence-electron chi connectivity index (χ0n) is 16.4. The predicted molar refractivity (Wildman–Crippen MR) is 104 cm³/mol. The van der Waals surface area contributed by atoms with Crippen LogP contribution in [0.15, 0.2) is 24.3 Å². The molecule has 0 N–H and O–H groups in total. The maximum absolute atomic E-state index is 11.7. The molecule has 0 radical (unpaired) electrons. The van der Waals surface area contributed by atoms with Gasteiger partial charge in [-0.15, -0.1) is 0 Å². The standard InChI is InChI=1S/C22H34O4/c1-3-4-5-6-7-8-9-10-16-25-21(23)14-15-22(24)26-18-20-13-11-12-19(2)17-20/h11-13,17H,3-10,14-16,18H2,1-2H3. The number of rotatable bonds is 14. The minimum Gasteiger partial charge on any atom is -0.466 e. The lowest BCUT2D eigenvalue weighted by molar-refractivity contribution is -0.151. The molecule has 0 fully saturated rings. The van der Waals surface area contributed by atoms with Gasteiger partial charge in [0.25, 0.3) is 0 Å². The number of hydrogen-bond donors (Lipinski definition) is 0. The summed E-state index contributed by atoms with van der Waals surface area (Å²) in [5.74, 6) is -0.684. The van der Waals surface area contributed by atoms with Gasteiger partial charge in [-0.3, -0.25) is 9.59 Å². The summed E-state index contributed by atoms with van der Waals surface area (Å²) < 4.78 is 10.4. The smallest absolute Gasteiger partial charge is 0.306 e. The molecular weight excluding hydrogens is 328 g/mol. The van der Waals surface area contributed by atoms with Gasteiger partial charge in [0.1, 0.15) is 6.61 Å². The third kappa shape index (κ3) is 11.7. The molecule has 0 atom stereocenters. The highest BCUT2D eigenvalue weighted by molar-refractivity contribution is 5.77. The van der Waals surface area contributed by atoms with Gasteiger partial charge in [0.05, 0.1) is 19.4 Å². The minimum atomic E-state index is -0.365. The largest absolute Gasteiger partial charge is 0.466 e. The quantitative estimate of drug-likeness (QED) is 0.324. The van der Waals surface area contributed by atoms with E-state index in [0.717, 1.165) is 24.0 Å². The van der Waals surface area contributed by atoms with Crippen LogP contribution in [0.3, 0.4) is 0 Å². The Morgan fingerprint density at radius 2 is 1.46 bits per heavy atom. The molecule has 0 aromatic heterocycles. The third-order valence-electron chi connectivity index (χ3n) is 4.28. The molecule has 0 amide bonds. The van der Waals surface area contributed by atoms with Gasteiger partial charge < -0.3 is 9.47 Å². The van der Waals surface area contributed by atoms with E-state index in [2.05, 4.69) is 6.92 Å². The van der Waals surface area contributed by atoms with Crippen molar-refractivity contribution >= 4 is 11.9 Å². The van der Waals surface area contributed by atoms with Crippen molar-refractivity contribution in [2.24, 2.45) is 0 Å². The zero-order valence-corrected chi connectivity index (χ0v) is 16.4. The summed E-state index contributed by atoms with van der Waals surface area (Å²) in [7, 11) is 0. The molecule has 1 rings (SSSR count). The number of aryl methyl sites for hydroxylation is 1. The average Bonchev–Trinajstić information content (AvgIpc) is 2.63. The lowest BCUT2D eigenvalue weighted by atomic mass is 10.1. The first-order valence-corrected chi connectivity index (χ1v) is 9.98. The molecule has 0 heterocycles. The van der Waals surface area contributed by atoms with Crippen LogP contribution in [0, 0.1) is 6.92 Å². The molecule has 1 aromatic rings. The molecule has 0 aliphatic rings. The highest BCUT2D eigenvalue weighted by Gasteiger charge is 2.09. The summed E-state index contributed by atoms with van der Waals surface area (Å²) in [5.41, 5.74) is 2.08. The van der Waals surface area contributed by atoms with Crippen LogP contribution in [0.1, 0.15) is 82.3 Å². The van der Waals surface area contributed by atoms with Crippen molar-refractivity contribution in [3.8, 4) is 0 Å². The van der Waals surface area contributed by atoms with Crippen molar-refractivity contribution in [3.63, 3.8) is 0 Å². The highest BCUT2D eigenvalue weighted by atomic mass is 16.5. The van der Waals surface area contributed by atoms with E-state index < -0.39 is 0 Å². The molecule has 0 saturated carbocycles. The molecule has 4 heteroatoms. The van der Waals surface area contributed by atoms with Crippen molar-refractivity contribution in [3.05, 3.63) is 35.4 Å². The van der Waals surface area contributed by atoms with E-state index in [-0.39, 0.29) is 31.4 Å². The lowest BCUT2D eigenvalue weighted by Crippen LogP contribution is -2.11.